The van der Waals surface area contributed by atoms with Crippen molar-refractivity contribution in [2.75, 3.05) is 11.9 Å². The van der Waals surface area contributed by atoms with Gasteiger partial charge in [-0.3, -0.25) is 4.79 Å². The summed E-state index contributed by atoms with van der Waals surface area (Å²) in [6.45, 7) is 3.76. The van der Waals surface area contributed by atoms with Gasteiger partial charge in [-0.05, 0) is 50.2 Å². The molecule has 0 saturated heterocycles. The van der Waals surface area contributed by atoms with Gasteiger partial charge in [-0.1, -0.05) is 12.1 Å². The Labute approximate surface area is 139 Å². The van der Waals surface area contributed by atoms with E-state index in [4.69, 9.17) is 9.47 Å². The van der Waals surface area contributed by atoms with Gasteiger partial charge in [0.25, 0.3) is 5.91 Å². The van der Waals surface area contributed by atoms with Crippen LogP contribution in [0.5, 0.6) is 5.75 Å². The number of carbonyl (C=O) groups is 2. The number of esters is 1. The minimum Gasteiger partial charge on any atom is -0.492 e. The summed E-state index contributed by atoms with van der Waals surface area (Å²) in [5.74, 6) is -1.11. The molecule has 0 spiro atoms. The predicted octanol–water partition coefficient (Wildman–Crippen LogP) is 3.41. The molecule has 0 fully saturated rings. The third-order valence-corrected chi connectivity index (χ3v) is 3.18. The third-order valence-electron chi connectivity index (χ3n) is 3.18. The van der Waals surface area contributed by atoms with E-state index >= 15 is 0 Å². The predicted molar refractivity (Wildman–Crippen MR) is 87.5 cm³/mol. The number of hydrogen-bond donors (Lipinski definition) is 1. The summed E-state index contributed by atoms with van der Waals surface area (Å²) < 4.78 is 23.4. The number of benzene rings is 2. The van der Waals surface area contributed by atoms with Crippen molar-refractivity contribution in [3.05, 3.63) is 59.9 Å². The molecule has 24 heavy (non-hydrogen) atoms. The zero-order valence-electron chi connectivity index (χ0n) is 13.4. The first-order valence-electron chi connectivity index (χ1n) is 7.50. The van der Waals surface area contributed by atoms with Gasteiger partial charge in [-0.2, -0.15) is 0 Å². The molecule has 6 heteroatoms. The summed E-state index contributed by atoms with van der Waals surface area (Å²) in [5.41, 5.74) is 0.666. The first-order valence-corrected chi connectivity index (χ1v) is 7.50. The van der Waals surface area contributed by atoms with Crippen molar-refractivity contribution in [1.82, 2.24) is 0 Å². The third kappa shape index (κ3) is 4.55. The molecule has 2 aromatic rings. The van der Waals surface area contributed by atoms with E-state index in [1.165, 1.54) is 19.1 Å². The maximum Gasteiger partial charge on any atom is 0.338 e. The van der Waals surface area contributed by atoms with Crippen molar-refractivity contribution in [3.8, 4) is 5.75 Å². The second-order valence-corrected chi connectivity index (χ2v) is 4.97. The molecular weight excluding hydrogens is 313 g/mol. The maximum absolute atomic E-state index is 12.9. The first-order chi connectivity index (χ1) is 11.5. The van der Waals surface area contributed by atoms with Crippen LogP contribution in [-0.4, -0.2) is 24.6 Å². The number of para-hydroxylation sites is 2. The molecule has 0 aliphatic heterocycles. The normalized spacial score (nSPS) is 11.5. The van der Waals surface area contributed by atoms with E-state index in [0.29, 0.717) is 18.0 Å². The molecule has 2 rings (SSSR count). The molecule has 1 unspecified atom stereocenters. The molecule has 1 amide bonds. The molecule has 1 atom stereocenters. The largest absolute Gasteiger partial charge is 0.492 e. The SMILES string of the molecule is CCOc1ccccc1NC(=O)C(C)OC(=O)c1ccc(F)cc1. The van der Waals surface area contributed by atoms with Gasteiger partial charge in [0, 0.05) is 0 Å². The number of rotatable bonds is 6. The van der Waals surface area contributed by atoms with Crippen molar-refractivity contribution in [1.29, 1.82) is 0 Å². The second-order valence-electron chi connectivity index (χ2n) is 4.97. The Morgan fingerprint density at radius 3 is 2.46 bits per heavy atom. The Morgan fingerprint density at radius 1 is 1.12 bits per heavy atom. The number of amides is 1. The lowest BCUT2D eigenvalue weighted by molar-refractivity contribution is -0.123. The van der Waals surface area contributed by atoms with Crippen molar-refractivity contribution < 1.29 is 23.5 Å². The number of anilines is 1. The molecule has 2 aromatic carbocycles. The van der Waals surface area contributed by atoms with Crippen LogP contribution in [-0.2, 0) is 9.53 Å². The first kappa shape index (κ1) is 17.5. The van der Waals surface area contributed by atoms with Crippen LogP contribution in [0.3, 0.4) is 0 Å². The molecule has 0 aliphatic carbocycles. The monoisotopic (exact) mass is 331 g/mol. The Hall–Kier alpha value is -2.89. The van der Waals surface area contributed by atoms with E-state index in [0.717, 1.165) is 12.1 Å². The van der Waals surface area contributed by atoms with Gasteiger partial charge in [-0.25, -0.2) is 9.18 Å². The van der Waals surface area contributed by atoms with E-state index in [1.807, 2.05) is 6.92 Å². The Balaban J connectivity index is 1.99. The zero-order valence-corrected chi connectivity index (χ0v) is 13.4. The summed E-state index contributed by atoms with van der Waals surface area (Å²) in [5, 5.41) is 2.66. The van der Waals surface area contributed by atoms with Gasteiger partial charge in [-0.15, -0.1) is 0 Å². The van der Waals surface area contributed by atoms with Crippen molar-refractivity contribution >= 4 is 17.6 Å². The number of hydrogen-bond acceptors (Lipinski definition) is 4. The highest BCUT2D eigenvalue weighted by molar-refractivity contribution is 5.98. The molecule has 0 aliphatic rings. The van der Waals surface area contributed by atoms with Crippen molar-refractivity contribution in [2.24, 2.45) is 0 Å². The average molecular weight is 331 g/mol. The van der Waals surface area contributed by atoms with E-state index < -0.39 is 23.8 Å². The number of nitrogens with one attached hydrogen (secondary N) is 1. The van der Waals surface area contributed by atoms with Crippen molar-refractivity contribution in [3.63, 3.8) is 0 Å². The van der Waals surface area contributed by atoms with Crippen LogP contribution < -0.4 is 10.1 Å². The summed E-state index contributed by atoms with van der Waals surface area (Å²) in [6, 6.07) is 11.9. The second kappa shape index (κ2) is 8.10. The maximum atomic E-state index is 12.9. The highest BCUT2D eigenvalue weighted by atomic mass is 19.1. The smallest absolute Gasteiger partial charge is 0.338 e. The van der Waals surface area contributed by atoms with Gasteiger partial charge < -0.3 is 14.8 Å². The van der Waals surface area contributed by atoms with Crippen LogP contribution in [0.4, 0.5) is 10.1 Å². The summed E-state index contributed by atoms with van der Waals surface area (Å²) in [6.07, 6.45) is -1.02. The molecule has 0 radical (unpaired) electrons. The van der Waals surface area contributed by atoms with Crippen LogP contribution in [0.2, 0.25) is 0 Å². The van der Waals surface area contributed by atoms with E-state index in [1.54, 1.807) is 24.3 Å². The minimum atomic E-state index is -1.02. The molecule has 126 valence electrons. The van der Waals surface area contributed by atoms with Crippen LogP contribution in [0.1, 0.15) is 24.2 Å². The van der Waals surface area contributed by atoms with Crippen LogP contribution >= 0.6 is 0 Å². The zero-order chi connectivity index (χ0) is 17.5. The standard InChI is InChI=1S/C18H18FNO4/c1-3-23-16-7-5-4-6-15(16)20-17(21)12(2)24-18(22)13-8-10-14(19)11-9-13/h4-12H,3H2,1-2H3,(H,20,21). The summed E-state index contributed by atoms with van der Waals surface area (Å²) >= 11 is 0. The Morgan fingerprint density at radius 2 is 1.79 bits per heavy atom. The average Bonchev–Trinajstić information content (AvgIpc) is 2.57. The van der Waals surface area contributed by atoms with Gasteiger partial charge in [0.1, 0.15) is 11.6 Å². The molecule has 0 heterocycles. The lowest BCUT2D eigenvalue weighted by Crippen LogP contribution is -2.30. The highest BCUT2D eigenvalue weighted by Gasteiger charge is 2.20. The van der Waals surface area contributed by atoms with Gasteiger partial charge in [0.15, 0.2) is 6.10 Å². The lowest BCUT2D eigenvalue weighted by Gasteiger charge is -2.15. The van der Waals surface area contributed by atoms with Crippen LogP contribution in [0, 0.1) is 5.82 Å². The molecule has 5 nitrogen and oxygen atoms in total. The minimum absolute atomic E-state index is 0.172. The lowest BCUT2D eigenvalue weighted by atomic mass is 10.2. The highest BCUT2D eigenvalue weighted by Crippen LogP contribution is 2.24. The fourth-order valence-corrected chi connectivity index (χ4v) is 1.95. The summed E-state index contributed by atoms with van der Waals surface area (Å²) in [4.78, 5) is 24.1. The molecule has 0 aromatic heterocycles. The number of halogens is 1. The Kier molecular flexibility index (Phi) is 5.89. The molecule has 0 saturated carbocycles. The molecule has 0 bridgehead atoms. The van der Waals surface area contributed by atoms with Crippen molar-refractivity contribution in [2.45, 2.75) is 20.0 Å². The van der Waals surface area contributed by atoms with Gasteiger partial charge in [0.2, 0.25) is 0 Å². The summed E-state index contributed by atoms with van der Waals surface area (Å²) in [7, 11) is 0. The fourth-order valence-electron chi connectivity index (χ4n) is 1.95. The van der Waals surface area contributed by atoms with Gasteiger partial charge in [0.05, 0.1) is 17.9 Å². The number of ether oxygens (including phenoxy) is 2. The number of carbonyl (C=O) groups excluding carboxylic acids is 2. The van der Waals surface area contributed by atoms with E-state index in [2.05, 4.69) is 5.32 Å². The Bertz CT molecular complexity index is 715. The van der Waals surface area contributed by atoms with E-state index in [9.17, 15) is 14.0 Å². The quantitative estimate of drug-likeness (QED) is 0.824. The fraction of sp³-hybridized carbons (Fsp3) is 0.222. The van der Waals surface area contributed by atoms with Crippen LogP contribution in [0.15, 0.2) is 48.5 Å². The molecular formula is C18H18FNO4. The van der Waals surface area contributed by atoms with Gasteiger partial charge >= 0.3 is 5.97 Å². The topological polar surface area (TPSA) is 64.6 Å². The van der Waals surface area contributed by atoms with Crippen LogP contribution in [0.25, 0.3) is 0 Å². The van der Waals surface area contributed by atoms with E-state index in [-0.39, 0.29) is 5.56 Å². The molecule has 1 N–H and O–H groups in total.